The standard InChI is InChI=1S/C16H14ClFO/c17-14-11-12(9-10-15(14)18)5-4-8-16(19)13-6-2-1-3-7-13/h1-3,6-7,9-11H,4-5,8H2. The monoisotopic (exact) mass is 276 g/mol. The molecule has 0 aliphatic heterocycles. The van der Waals surface area contributed by atoms with Crippen LogP contribution in [-0.2, 0) is 6.42 Å². The predicted molar refractivity (Wildman–Crippen MR) is 75.1 cm³/mol. The van der Waals surface area contributed by atoms with Crippen LogP contribution in [0.25, 0.3) is 0 Å². The highest BCUT2D eigenvalue weighted by Gasteiger charge is 2.06. The normalized spacial score (nSPS) is 10.4. The third-order valence-electron chi connectivity index (χ3n) is 2.95. The van der Waals surface area contributed by atoms with E-state index < -0.39 is 5.82 Å². The predicted octanol–water partition coefficient (Wildman–Crippen LogP) is 4.68. The first-order valence-electron chi connectivity index (χ1n) is 6.19. The molecular formula is C16H14ClFO. The van der Waals surface area contributed by atoms with Gasteiger partial charge >= 0.3 is 0 Å². The summed E-state index contributed by atoms with van der Waals surface area (Å²) in [6.07, 6.45) is 1.94. The lowest BCUT2D eigenvalue weighted by molar-refractivity contribution is 0.0980. The Kier molecular flexibility index (Phi) is 4.69. The van der Waals surface area contributed by atoms with Crippen LogP contribution in [0.15, 0.2) is 48.5 Å². The third kappa shape index (κ3) is 3.90. The Morgan fingerprint density at radius 1 is 1.11 bits per heavy atom. The molecule has 0 unspecified atom stereocenters. The first kappa shape index (κ1) is 13.8. The molecule has 0 aromatic heterocycles. The van der Waals surface area contributed by atoms with Gasteiger partial charge in [0.1, 0.15) is 5.82 Å². The van der Waals surface area contributed by atoms with E-state index in [2.05, 4.69) is 0 Å². The van der Waals surface area contributed by atoms with Gasteiger partial charge in [0.25, 0.3) is 0 Å². The number of rotatable bonds is 5. The lowest BCUT2D eigenvalue weighted by atomic mass is 10.0. The molecule has 0 bridgehead atoms. The molecule has 2 aromatic carbocycles. The number of Topliss-reactive ketones (excluding diaryl/α,β-unsaturated/α-hetero) is 1. The van der Waals surface area contributed by atoms with Gasteiger partial charge in [0.05, 0.1) is 5.02 Å². The average Bonchev–Trinajstić information content (AvgIpc) is 2.43. The number of benzene rings is 2. The van der Waals surface area contributed by atoms with Crippen molar-refractivity contribution < 1.29 is 9.18 Å². The molecule has 98 valence electrons. The number of halogens is 2. The summed E-state index contributed by atoms with van der Waals surface area (Å²) < 4.78 is 13.0. The molecule has 0 atom stereocenters. The fraction of sp³-hybridized carbons (Fsp3) is 0.188. The first-order valence-corrected chi connectivity index (χ1v) is 6.57. The molecular weight excluding hydrogens is 263 g/mol. The second-order valence-corrected chi connectivity index (χ2v) is 4.80. The summed E-state index contributed by atoms with van der Waals surface area (Å²) >= 11 is 5.71. The molecule has 0 spiro atoms. The van der Waals surface area contributed by atoms with Crippen LogP contribution in [0.5, 0.6) is 0 Å². The molecule has 0 heterocycles. The van der Waals surface area contributed by atoms with Gasteiger partial charge in [-0.25, -0.2) is 4.39 Å². The number of aryl methyl sites for hydroxylation is 1. The molecule has 2 rings (SSSR count). The Hall–Kier alpha value is -1.67. The fourth-order valence-electron chi connectivity index (χ4n) is 1.92. The van der Waals surface area contributed by atoms with Crippen LogP contribution < -0.4 is 0 Å². The van der Waals surface area contributed by atoms with E-state index in [-0.39, 0.29) is 10.8 Å². The Balaban J connectivity index is 1.87. The van der Waals surface area contributed by atoms with Crippen molar-refractivity contribution in [2.24, 2.45) is 0 Å². The van der Waals surface area contributed by atoms with E-state index in [0.29, 0.717) is 6.42 Å². The molecule has 2 aromatic rings. The van der Waals surface area contributed by atoms with Crippen LogP contribution in [0, 0.1) is 5.82 Å². The van der Waals surface area contributed by atoms with Gasteiger partial charge in [0, 0.05) is 12.0 Å². The van der Waals surface area contributed by atoms with Gasteiger partial charge in [0.15, 0.2) is 5.78 Å². The zero-order valence-corrected chi connectivity index (χ0v) is 11.2. The smallest absolute Gasteiger partial charge is 0.162 e. The minimum atomic E-state index is -0.411. The first-order chi connectivity index (χ1) is 9.16. The lowest BCUT2D eigenvalue weighted by Gasteiger charge is -2.03. The molecule has 0 N–H and O–H groups in total. The van der Waals surface area contributed by atoms with Crippen molar-refractivity contribution in [1.29, 1.82) is 0 Å². The van der Waals surface area contributed by atoms with Gasteiger partial charge in [-0.2, -0.15) is 0 Å². The van der Waals surface area contributed by atoms with Crippen molar-refractivity contribution in [2.75, 3.05) is 0 Å². The minimum Gasteiger partial charge on any atom is -0.294 e. The second-order valence-electron chi connectivity index (χ2n) is 4.39. The van der Waals surface area contributed by atoms with Gasteiger partial charge < -0.3 is 0 Å². The zero-order valence-electron chi connectivity index (χ0n) is 10.4. The Labute approximate surface area is 117 Å². The van der Waals surface area contributed by atoms with E-state index in [1.54, 1.807) is 12.1 Å². The van der Waals surface area contributed by atoms with Crippen LogP contribution in [0.1, 0.15) is 28.8 Å². The van der Waals surface area contributed by atoms with Crippen LogP contribution >= 0.6 is 11.6 Å². The topological polar surface area (TPSA) is 17.1 Å². The second kappa shape index (κ2) is 6.48. The van der Waals surface area contributed by atoms with E-state index >= 15 is 0 Å². The molecule has 0 saturated heterocycles. The quantitative estimate of drug-likeness (QED) is 0.725. The third-order valence-corrected chi connectivity index (χ3v) is 3.24. The number of carbonyl (C=O) groups is 1. The summed E-state index contributed by atoms with van der Waals surface area (Å²) in [6, 6.07) is 13.9. The van der Waals surface area contributed by atoms with Crippen LogP contribution in [0.3, 0.4) is 0 Å². The number of carbonyl (C=O) groups excluding carboxylic acids is 1. The highest BCUT2D eigenvalue weighted by Crippen LogP contribution is 2.17. The summed E-state index contributed by atoms with van der Waals surface area (Å²) in [5.74, 6) is -0.278. The van der Waals surface area contributed by atoms with Crippen molar-refractivity contribution in [3.05, 3.63) is 70.5 Å². The maximum atomic E-state index is 13.0. The van der Waals surface area contributed by atoms with Crippen LogP contribution in [-0.4, -0.2) is 5.78 Å². The van der Waals surface area contributed by atoms with Gasteiger partial charge in [0.2, 0.25) is 0 Å². The maximum Gasteiger partial charge on any atom is 0.162 e. The molecule has 0 aliphatic carbocycles. The van der Waals surface area contributed by atoms with E-state index in [9.17, 15) is 9.18 Å². The highest BCUT2D eigenvalue weighted by atomic mass is 35.5. The number of ketones is 1. The van der Waals surface area contributed by atoms with Crippen molar-refractivity contribution in [2.45, 2.75) is 19.3 Å². The van der Waals surface area contributed by atoms with Crippen molar-refractivity contribution in [1.82, 2.24) is 0 Å². The zero-order chi connectivity index (χ0) is 13.7. The van der Waals surface area contributed by atoms with Gasteiger partial charge in [-0.15, -0.1) is 0 Å². The van der Waals surface area contributed by atoms with Crippen molar-refractivity contribution in [3.63, 3.8) is 0 Å². The maximum absolute atomic E-state index is 13.0. The summed E-state index contributed by atoms with van der Waals surface area (Å²) in [7, 11) is 0. The Morgan fingerprint density at radius 2 is 1.84 bits per heavy atom. The van der Waals surface area contributed by atoms with E-state index in [1.807, 2.05) is 30.3 Å². The average molecular weight is 277 g/mol. The van der Waals surface area contributed by atoms with Crippen molar-refractivity contribution >= 4 is 17.4 Å². The number of hydrogen-bond donors (Lipinski definition) is 0. The molecule has 0 aliphatic rings. The van der Waals surface area contributed by atoms with E-state index in [1.165, 1.54) is 6.07 Å². The Morgan fingerprint density at radius 3 is 2.53 bits per heavy atom. The largest absolute Gasteiger partial charge is 0.294 e. The summed E-state index contributed by atoms with van der Waals surface area (Å²) in [4.78, 5) is 11.9. The lowest BCUT2D eigenvalue weighted by Crippen LogP contribution is -1.99. The fourth-order valence-corrected chi connectivity index (χ4v) is 2.12. The molecule has 0 fully saturated rings. The van der Waals surface area contributed by atoms with Gasteiger partial charge in [-0.1, -0.05) is 48.0 Å². The Bertz CT molecular complexity index is 566. The SMILES string of the molecule is O=C(CCCc1ccc(F)c(Cl)c1)c1ccccc1. The van der Waals surface area contributed by atoms with Crippen LogP contribution in [0.4, 0.5) is 4.39 Å². The summed E-state index contributed by atoms with van der Waals surface area (Å²) in [5, 5.41) is 0.131. The minimum absolute atomic E-state index is 0.131. The molecule has 0 amide bonds. The van der Waals surface area contributed by atoms with Gasteiger partial charge in [-0.05, 0) is 30.5 Å². The van der Waals surface area contributed by atoms with Crippen LogP contribution in [0.2, 0.25) is 5.02 Å². The molecule has 0 radical (unpaired) electrons. The van der Waals surface area contributed by atoms with Crippen molar-refractivity contribution in [3.8, 4) is 0 Å². The highest BCUT2D eigenvalue weighted by molar-refractivity contribution is 6.30. The molecule has 3 heteroatoms. The number of hydrogen-bond acceptors (Lipinski definition) is 1. The molecule has 1 nitrogen and oxygen atoms in total. The summed E-state index contributed by atoms with van der Waals surface area (Å²) in [6.45, 7) is 0. The molecule has 0 saturated carbocycles. The van der Waals surface area contributed by atoms with E-state index in [0.717, 1.165) is 24.0 Å². The molecule has 19 heavy (non-hydrogen) atoms. The van der Waals surface area contributed by atoms with Gasteiger partial charge in [-0.3, -0.25) is 4.79 Å². The summed E-state index contributed by atoms with van der Waals surface area (Å²) in [5.41, 5.74) is 1.69. The van der Waals surface area contributed by atoms with E-state index in [4.69, 9.17) is 11.6 Å².